The quantitative estimate of drug-likeness (QED) is 0.313. The maximum Gasteiger partial charge on any atom is 0.305 e. The summed E-state index contributed by atoms with van der Waals surface area (Å²) in [7, 11) is 0. The number of hydrogen-bond donors (Lipinski definition) is 0. The van der Waals surface area contributed by atoms with Gasteiger partial charge in [-0.2, -0.15) is 0 Å². The van der Waals surface area contributed by atoms with Crippen molar-refractivity contribution in [2.45, 2.75) is 63.2 Å². The van der Waals surface area contributed by atoms with E-state index in [-0.39, 0.29) is 11.3 Å². The highest BCUT2D eigenvalue weighted by Crippen LogP contribution is 2.37. The van der Waals surface area contributed by atoms with Gasteiger partial charge in [0.15, 0.2) is 0 Å². The minimum absolute atomic E-state index is 0.127. The molecule has 1 aliphatic rings. The lowest BCUT2D eigenvalue weighted by Gasteiger charge is -2.23. The van der Waals surface area contributed by atoms with Crippen molar-refractivity contribution in [2.75, 3.05) is 6.61 Å². The summed E-state index contributed by atoms with van der Waals surface area (Å²) in [6.07, 6.45) is 7.69. The zero-order chi connectivity index (χ0) is 15.9. The van der Waals surface area contributed by atoms with Gasteiger partial charge in [0.2, 0.25) is 0 Å². The first-order valence-corrected chi connectivity index (χ1v) is 9.72. The number of carbonyl (C=O) groups excluding carboxylic acids is 1. The number of carbonyl (C=O) groups is 1. The van der Waals surface area contributed by atoms with E-state index in [1.54, 1.807) is 0 Å². The molecule has 1 atom stereocenters. The molecule has 0 spiro atoms. The summed E-state index contributed by atoms with van der Waals surface area (Å²) in [5.41, 5.74) is 2.58. The van der Waals surface area contributed by atoms with Gasteiger partial charge in [-0.3, -0.25) is 4.79 Å². The third-order valence-corrected chi connectivity index (χ3v) is 5.74. The molecule has 1 saturated carbocycles. The Morgan fingerprint density at radius 1 is 1.36 bits per heavy atom. The molecule has 2 nitrogen and oxygen atoms in total. The van der Waals surface area contributed by atoms with Gasteiger partial charge < -0.3 is 4.74 Å². The van der Waals surface area contributed by atoms with Crippen LogP contribution in [0.3, 0.4) is 0 Å². The molecule has 22 heavy (non-hydrogen) atoms. The molecule has 4 heteroatoms. The first-order valence-electron chi connectivity index (χ1n) is 8.20. The van der Waals surface area contributed by atoms with Crippen LogP contribution in [0.5, 0.6) is 0 Å². The lowest BCUT2D eigenvalue weighted by atomic mass is 9.84. The molecule has 1 unspecified atom stereocenters. The first kappa shape index (κ1) is 18.1. The molecule has 0 amide bonds. The highest BCUT2D eigenvalue weighted by molar-refractivity contribution is 14.1. The number of alkyl halides is 1. The summed E-state index contributed by atoms with van der Waals surface area (Å²) in [5.74, 6) is 0.546. The molecule has 1 aromatic rings. The van der Waals surface area contributed by atoms with E-state index < -0.39 is 0 Å². The highest BCUT2D eigenvalue weighted by Gasteiger charge is 2.19. The van der Waals surface area contributed by atoms with Crippen molar-refractivity contribution in [2.24, 2.45) is 0 Å². The second kappa shape index (κ2) is 9.11. The Morgan fingerprint density at radius 3 is 2.73 bits per heavy atom. The predicted octanol–water partition coefficient (Wildman–Crippen LogP) is 5.96. The lowest BCUT2D eigenvalue weighted by molar-refractivity contribution is -0.143. The molecule has 0 N–H and O–H groups in total. The van der Waals surface area contributed by atoms with Crippen molar-refractivity contribution >= 4 is 40.2 Å². The Kier molecular flexibility index (Phi) is 7.48. The van der Waals surface area contributed by atoms with Crippen molar-refractivity contribution in [3.63, 3.8) is 0 Å². The largest absolute Gasteiger partial charge is 0.466 e. The minimum Gasteiger partial charge on any atom is -0.466 e. The van der Waals surface area contributed by atoms with E-state index in [1.165, 1.54) is 41.2 Å². The number of rotatable bonds is 6. The van der Waals surface area contributed by atoms with Gasteiger partial charge in [-0.05, 0) is 71.9 Å². The Balaban J connectivity index is 1.97. The number of halogens is 2. The lowest BCUT2D eigenvalue weighted by Crippen LogP contribution is -2.07. The summed E-state index contributed by atoms with van der Waals surface area (Å²) in [6, 6.07) is 6.56. The third-order valence-electron chi connectivity index (χ3n) is 4.34. The molecule has 0 radical (unpaired) electrons. The van der Waals surface area contributed by atoms with Crippen molar-refractivity contribution < 1.29 is 9.53 Å². The maximum atomic E-state index is 11.4. The SMILES string of the molecule is CCOC(=O)CCC(Cl)c1ccc(C2CCCCC2)c(I)c1. The van der Waals surface area contributed by atoms with E-state index in [2.05, 4.69) is 40.8 Å². The van der Waals surface area contributed by atoms with Gasteiger partial charge in [0.05, 0.1) is 12.0 Å². The molecule has 0 aliphatic heterocycles. The molecule has 1 aromatic carbocycles. The van der Waals surface area contributed by atoms with E-state index in [0.29, 0.717) is 25.4 Å². The van der Waals surface area contributed by atoms with E-state index in [4.69, 9.17) is 16.3 Å². The van der Waals surface area contributed by atoms with Crippen LogP contribution < -0.4 is 0 Å². The number of benzene rings is 1. The average molecular weight is 435 g/mol. The van der Waals surface area contributed by atoms with Crippen LogP contribution in [0.4, 0.5) is 0 Å². The van der Waals surface area contributed by atoms with Crippen LogP contribution in [-0.4, -0.2) is 12.6 Å². The molecule has 1 fully saturated rings. The normalized spacial score (nSPS) is 17.2. The number of ether oxygens (including phenoxy) is 1. The molecule has 0 saturated heterocycles. The van der Waals surface area contributed by atoms with Crippen molar-refractivity contribution in [3.05, 3.63) is 32.9 Å². The van der Waals surface area contributed by atoms with Gasteiger partial charge in [-0.1, -0.05) is 31.4 Å². The zero-order valence-electron chi connectivity index (χ0n) is 13.1. The standard InChI is InChI=1S/C18H24ClIO2/c1-2-22-18(21)11-10-16(19)14-8-9-15(17(20)12-14)13-6-4-3-5-7-13/h8-9,12-13,16H,2-7,10-11H2,1H3. The van der Waals surface area contributed by atoms with Crippen molar-refractivity contribution in [1.29, 1.82) is 0 Å². The van der Waals surface area contributed by atoms with Gasteiger partial charge >= 0.3 is 5.97 Å². The van der Waals surface area contributed by atoms with Gasteiger partial charge in [0, 0.05) is 9.99 Å². The fourth-order valence-corrected chi connectivity index (χ4v) is 4.35. The fraction of sp³-hybridized carbons (Fsp3) is 0.611. The maximum absolute atomic E-state index is 11.4. The summed E-state index contributed by atoms with van der Waals surface area (Å²) < 4.78 is 6.26. The Bertz CT molecular complexity index is 498. The molecular formula is C18H24ClIO2. The van der Waals surface area contributed by atoms with Crippen LogP contribution >= 0.6 is 34.2 Å². The minimum atomic E-state index is -0.165. The molecule has 0 aromatic heterocycles. The van der Waals surface area contributed by atoms with Crippen LogP contribution in [-0.2, 0) is 9.53 Å². The second-order valence-electron chi connectivity index (χ2n) is 5.93. The van der Waals surface area contributed by atoms with E-state index in [9.17, 15) is 4.79 Å². The van der Waals surface area contributed by atoms with E-state index in [1.807, 2.05) is 6.92 Å². The van der Waals surface area contributed by atoms with Crippen LogP contribution in [0, 0.1) is 3.57 Å². The fourth-order valence-electron chi connectivity index (χ4n) is 3.13. The predicted molar refractivity (Wildman–Crippen MR) is 99.4 cm³/mol. The third kappa shape index (κ3) is 5.12. The van der Waals surface area contributed by atoms with Gasteiger partial charge in [-0.25, -0.2) is 0 Å². The summed E-state index contributed by atoms with van der Waals surface area (Å²) in [5, 5.41) is -0.127. The summed E-state index contributed by atoms with van der Waals surface area (Å²) >= 11 is 8.88. The van der Waals surface area contributed by atoms with Crippen molar-refractivity contribution in [3.8, 4) is 0 Å². The molecule has 122 valence electrons. The monoisotopic (exact) mass is 434 g/mol. The molecule has 2 rings (SSSR count). The van der Waals surface area contributed by atoms with Gasteiger partial charge in [0.1, 0.15) is 0 Å². The Hall–Kier alpha value is -0.290. The van der Waals surface area contributed by atoms with Crippen LogP contribution in [0.25, 0.3) is 0 Å². The molecule has 0 heterocycles. The topological polar surface area (TPSA) is 26.3 Å². The van der Waals surface area contributed by atoms with Crippen LogP contribution in [0.1, 0.15) is 74.3 Å². The smallest absolute Gasteiger partial charge is 0.305 e. The molecular weight excluding hydrogens is 411 g/mol. The second-order valence-corrected chi connectivity index (χ2v) is 7.62. The van der Waals surface area contributed by atoms with Crippen LogP contribution in [0.2, 0.25) is 0 Å². The summed E-state index contributed by atoms with van der Waals surface area (Å²) in [6.45, 7) is 2.25. The van der Waals surface area contributed by atoms with Gasteiger partial charge in [-0.15, -0.1) is 11.6 Å². The summed E-state index contributed by atoms with van der Waals surface area (Å²) in [4.78, 5) is 11.4. The first-order chi connectivity index (χ1) is 10.6. The van der Waals surface area contributed by atoms with E-state index in [0.717, 1.165) is 5.56 Å². The Morgan fingerprint density at radius 2 is 2.09 bits per heavy atom. The molecule has 0 bridgehead atoms. The van der Waals surface area contributed by atoms with Crippen LogP contribution in [0.15, 0.2) is 18.2 Å². The zero-order valence-corrected chi connectivity index (χ0v) is 16.0. The Labute approximate surface area is 152 Å². The van der Waals surface area contributed by atoms with Crippen molar-refractivity contribution in [1.82, 2.24) is 0 Å². The van der Waals surface area contributed by atoms with Gasteiger partial charge in [0.25, 0.3) is 0 Å². The highest BCUT2D eigenvalue weighted by atomic mass is 127. The molecule has 1 aliphatic carbocycles. The number of hydrogen-bond acceptors (Lipinski definition) is 2. The van der Waals surface area contributed by atoms with E-state index >= 15 is 0 Å². The number of esters is 1. The average Bonchev–Trinajstić information content (AvgIpc) is 2.53.